The van der Waals surface area contributed by atoms with E-state index in [1.54, 1.807) is 0 Å². The van der Waals surface area contributed by atoms with E-state index in [0.29, 0.717) is 12.0 Å². The second-order valence-corrected chi connectivity index (χ2v) is 6.81. The molecule has 5 heteroatoms. The summed E-state index contributed by atoms with van der Waals surface area (Å²) in [7, 11) is 1.98. The summed E-state index contributed by atoms with van der Waals surface area (Å²) in [5.41, 5.74) is 3.03. The van der Waals surface area contributed by atoms with E-state index < -0.39 is 0 Å². The second-order valence-electron chi connectivity index (χ2n) is 6.16. The van der Waals surface area contributed by atoms with E-state index in [1.807, 2.05) is 25.6 Å². The molecule has 2 atom stereocenters. The fourth-order valence-electron chi connectivity index (χ4n) is 2.73. The van der Waals surface area contributed by atoms with Gasteiger partial charge in [0.25, 0.3) is 0 Å². The standard InChI is InChI=1S/C15H25ClN4/c1-9(2)7-8-10(3)20-14(11(4)16)17-13-12(5)18-19(6)15(13)20/h9-11H,7-8H2,1-6H3. The second kappa shape index (κ2) is 5.76. The number of aromatic nitrogens is 4. The Hall–Kier alpha value is -1.03. The third-order valence-electron chi connectivity index (χ3n) is 3.82. The average Bonchev–Trinajstić information content (AvgIpc) is 2.86. The van der Waals surface area contributed by atoms with Gasteiger partial charge in [-0.1, -0.05) is 13.8 Å². The van der Waals surface area contributed by atoms with Crippen molar-refractivity contribution in [2.24, 2.45) is 13.0 Å². The highest BCUT2D eigenvalue weighted by molar-refractivity contribution is 6.20. The van der Waals surface area contributed by atoms with Gasteiger partial charge in [-0.15, -0.1) is 11.6 Å². The zero-order valence-corrected chi connectivity index (χ0v) is 14.1. The molecule has 20 heavy (non-hydrogen) atoms. The van der Waals surface area contributed by atoms with Gasteiger partial charge >= 0.3 is 0 Å². The van der Waals surface area contributed by atoms with Crippen LogP contribution in [-0.4, -0.2) is 19.3 Å². The Morgan fingerprint density at radius 2 is 1.80 bits per heavy atom. The van der Waals surface area contributed by atoms with E-state index >= 15 is 0 Å². The van der Waals surface area contributed by atoms with Crippen LogP contribution in [0.4, 0.5) is 0 Å². The SMILES string of the molecule is Cc1nn(C)c2c1nc(C(C)Cl)n2C(C)CCC(C)C. The number of rotatable bonds is 5. The summed E-state index contributed by atoms with van der Waals surface area (Å²) in [6.45, 7) is 10.7. The summed E-state index contributed by atoms with van der Waals surface area (Å²) in [6, 6.07) is 0.383. The van der Waals surface area contributed by atoms with Crippen molar-refractivity contribution >= 4 is 22.8 Å². The van der Waals surface area contributed by atoms with Crippen molar-refractivity contribution in [3.63, 3.8) is 0 Å². The molecule has 0 radical (unpaired) electrons. The van der Waals surface area contributed by atoms with Crippen LogP contribution in [0.5, 0.6) is 0 Å². The van der Waals surface area contributed by atoms with E-state index in [-0.39, 0.29) is 5.38 Å². The van der Waals surface area contributed by atoms with Crippen LogP contribution in [0.3, 0.4) is 0 Å². The van der Waals surface area contributed by atoms with E-state index in [1.165, 1.54) is 6.42 Å². The lowest BCUT2D eigenvalue weighted by atomic mass is 10.0. The predicted molar refractivity (Wildman–Crippen MR) is 84.3 cm³/mol. The molecule has 2 aromatic rings. The zero-order valence-electron chi connectivity index (χ0n) is 13.3. The van der Waals surface area contributed by atoms with Gasteiger partial charge in [0.05, 0.1) is 11.1 Å². The summed E-state index contributed by atoms with van der Waals surface area (Å²) >= 11 is 6.34. The summed E-state index contributed by atoms with van der Waals surface area (Å²) in [5, 5.41) is 4.39. The van der Waals surface area contributed by atoms with Crippen LogP contribution in [-0.2, 0) is 7.05 Å². The minimum atomic E-state index is -0.0942. The van der Waals surface area contributed by atoms with Gasteiger partial charge in [0.15, 0.2) is 5.65 Å². The molecule has 2 heterocycles. The molecule has 0 aliphatic heterocycles. The molecule has 2 aromatic heterocycles. The molecule has 0 aromatic carbocycles. The number of alkyl halides is 1. The Morgan fingerprint density at radius 1 is 1.15 bits per heavy atom. The van der Waals surface area contributed by atoms with Crippen LogP contribution in [0.15, 0.2) is 0 Å². The average molecular weight is 297 g/mol. The fourth-order valence-corrected chi connectivity index (χ4v) is 2.89. The molecule has 0 bridgehead atoms. The molecule has 0 fully saturated rings. The first-order chi connectivity index (χ1) is 9.32. The lowest BCUT2D eigenvalue weighted by Gasteiger charge is -2.19. The maximum atomic E-state index is 6.34. The molecule has 0 saturated heterocycles. The van der Waals surface area contributed by atoms with E-state index in [9.17, 15) is 0 Å². The largest absolute Gasteiger partial charge is 0.309 e. The van der Waals surface area contributed by atoms with Gasteiger partial charge in [-0.25, -0.2) is 4.98 Å². The predicted octanol–water partition coefficient (Wildman–Crippen LogP) is 4.38. The van der Waals surface area contributed by atoms with Crippen LogP contribution in [0, 0.1) is 12.8 Å². The van der Waals surface area contributed by atoms with Crippen LogP contribution in [0.2, 0.25) is 0 Å². The van der Waals surface area contributed by atoms with E-state index in [4.69, 9.17) is 16.6 Å². The molecule has 112 valence electrons. The molecular formula is C15H25ClN4. The van der Waals surface area contributed by atoms with E-state index in [2.05, 4.69) is 30.4 Å². The molecule has 0 aliphatic rings. The van der Waals surface area contributed by atoms with Crippen LogP contribution in [0.25, 0.3) is 11.2 Å². The normalized spacial score (nSPS) is 15.2. The Balaban J connectivity index is 2.50. The Morgan fingerprint density at radius 3 is 2.35 bits per heavy atom. The maximum absolute atomic E-state index is 6.34. The molecule has 0 amide bonds. The maximum Gasteiger partial charge on any atom is 0.158 e. The number of fused-ring (bicyclic) bond motifs is 1. The third-order valence-corrected chi connectivity index (χ3v) is 4.02. The molecule has 0 saturated carbocycles. The summed E-state index contributed by atoms with van der Waals surface area (Å²) in [6.07, 6.45) is 2.33. The van der Waals surface area contributed by atoms with Crippen molar-refractivity contribution in [3.05, 3.63) is 11.5 Å². The van der Waals surface area contributed by atoms with Gasteiger partial charge in [-0.2, -0.15) is 5.10 Å². The van der Waals surface area contributed by atoms with Crippen molar-refractivity contribution < 1.29 is 0 Å². The van der Waals surface area contributed by atoms with Gasteiger partial charge < -0.3 is 4.57 Å². The monoisotopic (exact) mass is 296 g/mol. The summed E-state index contributed by atoms with van der Waals surface area (Å²) < 4.78 is 4.20. The molecule has 0 aliphatic carbocycles. The molecular weight excluding hydrogens is 272 g/mol. The van der Waals surface area contributed by atoms with Crippen LogP contribution >= 0.6 is 11.6 Å². The molecule has 0 N–H and O–H groups in total. The Bertz CT molecular complexity index is 595. The van der Waals surface area contributed by atoms with Gasteiger partial charge in [0, 0.05) is 13.1 Å². The number of imidazole rings is 1. The highest BCUT2D eigenvalue weighted by Crippen LogP contribution is 2.31. The molecule has 0 spiro atoms. The molecule has 2 unspecified atom stereocenters. The first-order valence-corrected chi connectivity index (χ1v) is 7.82. The van der Waals surface area contributed by atoms with Crippen molar-refractivity contribution in [1.29, 1.82) is 0 Å². The van der Waals surface area contributed by atoms with Crippen molar-refractivity contribution in [1.82, 2.24) is 19.3 Å². The fraction of sp³-hybridized carbons (Fsp3) is 0.733. The van der Waals surface area contributed by atoms with Gasteiger partial charge in [-0.05, 0) is 39.5 Å². The minimum absolute atomic E-state index is 0.0942. The van der Waals surface area contributed by atoms with Crippen LogP contribution < -0.4 is 0 Å². The first-order valence-electron chi connectivity index (χ1n) is 7.38. The minimum Gasteiger partial charge on any atom is -0.309 e. The topological polar surface area (TPSA) is 35.6 Å². The third kappa shape index (κ3) is 2.71. The lowest BCUT2D eigenvalue weighted by Crippen LogP contribution is -2.13. The van der Waals surface area contributed by atoms with Gasteiger partial charge in [-0.3, -0.25) is 4.68 Å². The number of aryl methyl sites for hydroxylation is 2. The number of nitrogens with zero attached hydrogens (tertiary/aromatic N) is 4. The molecule has 2 rings (SSSR count). The quantitative estimate of drug-likeness (QED) is 0.768. The van der Waals surface area contributed by atoms with Crippen molar-refractivity contribution in [2.75, 3.05) is 0 Å². The van der Waals surface area contributed by atoms with Crippen molar-refractivity contribution in [3.8, 4) is 0 Å². The van der Waals surface area contributed by atoms with Gasteiger partial charge in [0.2, 0.25) is 0 Å². The lowest BCUT2D eigenvalue weighted by molar-refractivity contribution is 0.432. The van der Waals surface area contributed by atoms with Gasteiger partial charge in [0.1, 0.15) is 11.3 Å². The smallest absolute Gasteiger partial charge is 0.158 e. The Kier molecular flexibility index (Phi) is 4.43. The molecule has 4 nitrogen and oxygen atoms in total. The number of halogens is 1. The summed E-state index contributed by atoms with van der Waals surface area (Å²) in [5.74, 6) is 1.66. The highest BCUT2D eigenvalue weighted by Gasteiger charge is 2.23. The number of hydrogen-bond acceptors (Lipinski definition) is 2. The van der Waals surface area contributed by atoms with E-state index in [0.717, 1.165) is 29.1 Å². The zero-order chi connectivity index (χ0) is 15.0. The Labute approximate surface area is 126 Å². The first kappa shape index (κ1) is 15.4. The van der Waals surface area contributed by atoms with Crippen LogP contribution in [0.1, 0.15) is 63.5 Å². The van der Waals surface area contributed by atoms with Crippen molar-refractivity contribution in [2.45, 2.75) is 58.9 Å². The highest BCUT2D eigenvalue weighted by atomic mass is 35.5. The summed E-state index contributed by atoms with van der Waals surface area (Å²) in [4.78, 5) is 4.73. The number of hydrogen-bond donors (Lipinski definition) is 0.